The predicted octanol–water partition coefficient (Wildman–Crippen LogP) is 0.159. The van der Waals surface area contributed by atoms with Crippen molar-refractivity contribution in [1.82, 2.24) is 0 Å². The summed E-state index contributed by atoms with van der Waals surface area (Å²) >= 11 is 0. The first-order valence-corrected chi connectivity index (χ1v) is 4.42. The second kappa shape index (κ2) is 5.38. The Balaban J connectivity index is 5.19. The quantitative estimate of drug-likeness (QED) is 0.481. The number of Topliss-reactive ketones (excluding diaryl/α,β-unsaturated/α-hetero) is 3. The average molecular weight is 214 g/mol. The number of rotatable bonds is 5. The van der Waals surface area contributed by atoms with Gasteiger partial charge in [0, 0.05) is 0 Å². The number of carbonyl (C=O) groups is 4. The van der Waals surface area contributed by atoms with Crippen molar-refractivity contribution in [1.29, 1.82) is 0 Å². The van der Waals surface area contributed by atoms with Crippen LogP contribution in [0, 0.1) is 11.8 Å². The van der Waals surface area contributed by atoms with E-state index in [0.29, 0.717) is 0 Å². The summed E-state index contributed by atoms with van der Waals surface area (Å²) in [5.74, 6) is -4.95. The minimum absolute atomic E-state index is 0.506. The lowest BCUT2D eigenvalue weighted by Crippen LogP contribution is -2.38. The van der Waals surface area contributed by atoms with Crippen LogP contribution < -0.4 is 0 Å². The van der Waals surface area contributed by atoms with Crippen LogP contribution in [-0.2, 0) is 23.9 Å². The Bertz CT molecular complexity index is 291. The van der Waals surface area contributed by atoms with E-state index in [9.17, 15) is 19.2 Å². The summed E-state index contributed by atoms with van der Waals surface area (Å²) in [6.07, 6.45) is 0. The van der Waals surface area contributed by atoms with Crippen LogP contribution in [0.3, 0.4) is 0 Å². The third-order valence-electron chi connectivity index (χ3n) is 2.10. The number of ether oxygens (including phenoxy) is 1. The van der Waals surface area contributed by atoms with Crippen molar-refractivity contribution in [3.8, 4) is 0 Å². The highest BCUT2D eigenvalue weighted by atomic mass is 16.5. The van der Waals surface area contributed by atoms with Gasteiger partial charge in [-0.25, -0.2) is 0 Å². The lowest BCUT2D eigenvalue weighted by molar-refractivity contribution is -0.156. The van der Waals surface area contributed by atoms with Gasteiger partial charge in [0.1, 0.15) is 23.3 Å². The molecule has 0 radical (unpaired) electrons. The number of hydrogen-bond donors (Lipinski definition) is 0. The zero-order chi connectivity index (χ0) is 12.2. The molecule has 5 heteroatoms. The Labute approximate surface area is 87.8 Å². The fraction of sp³-hybridized carbons (Fsp3) is 0.600. The smallest absolute Gasteiger partial charge is 0.317 e. The van der Waals surface area contributed by atoms with Gasteiger partial charge in [0.25, 0.3) is 0 Å². The molecule has 15 heavy (non-hydrogen) atoms. The van der Waals surface area contributed by atoms with Crippen molar-refractivity contribution in [3.63, 3.8) is 0 Å². The maximum Gasteiger partial charge on any atom is 0.317 e. The van der Waals surface area contributed by atoms with Gasteiger partial charge in [-0.15, -0.1) is 0 Å². The van der Waals surface area contributed by atoms with Gasteiger partial charge in [0.05, 0.1) is 13.0 Å². The van der Waals surface area contributed by atoms with Gasteiger partial charge in [0.2, 0.25) is 0 Å². The largest absolute Gasteiger partial charge is 0.468 e. The van der Waals surface area contributed by atoms with E-state index < -0.39 is 35.2 Å². The molecule has 0 fully saturated rings. The Kier molecular flexibility index (Phi) is 4.84. The van der Waals surface area contributed by atoms with E-state index in [1.54, 1.807) is 0 Å². The average Bonchev–Trinajstić information content (AvgIpc) is 2.10. The third-order valence-corrected chi connectivity index (χ3v) is 2.10. The van der Waals surface area contributed by atoms with Crippen molar-refractivity contribution in [2.45, 2.75) is 20.8 Å². The molecule has 1 atom stereocenters. The Morgan fingerprint density at radius 3 is 1.33 bits per heavy atom. The maximum absolute atomic E-state index is 11.3. The van der Waals surface area contributed by atoms with Crippen molar-refractivity contribution >= 4 is 23.3 Å². The first-order chi connectivity index (χ1) is 6.82. The van der Waals surface area contributed by atoms with E-state index in [4.69, 9.17) is 0 Å². The van der Waals surface area contributed by atoms with Crippen LogP contribution in [0.15, 0.2) is 0 Å². The number of hydrogen-bond acceptors (Lipinski definition) is 5. The Morgan fingerprint density at radius 1 is 0.800 bits per heavy atom. The second-order valence-electron chi connectivity index (χ2n) is 3.31. The molecule has 0 aliphatic rings. The standard InChI is InChI=1S/C10H14O5/c1-5(11)8(6(2)12)9(7(3)13)10(14)15-4/h8-9H,1-4H3. The first-order valence-electron chi connectivity index (χ1n) is 4.42. The van der Waals surface area contributed by atoms with Gasteiger partial charge in [-0.05, 0) is 20.8 Å². The molecule has 0 saturated carbocycles. The summed E-state index contributed by atoms with van der Waals surface area (Å²) in [6.45, 7) is 3.50. The van der Waals surface area contributed by atoms with Crippen LogP contribution >= 0.6 is 0 Å². The SMILES string of the molecule is COC(=O)C(C(C)=O)C(C(C)=O)C(C)=O. The zero-order valence-corrected chi connectivity index (χ0v) is 9.20. The summed E-state index contributed by atoms with van der Waals surface area (Å²) in [5, 5.41) is 0. The molecule has 0 rings (SSSR count). The first kappa shape index (κ1) is 13.5. The molecule has 0 bridgehead atoms. The summed E-state index contributed by atoms with van der Waals surface area (Å²) in [5.41, 5.74) is 0. The molecule has 0 aliphatic heterocycles. The van der Waals surface area contributed by atoms with Crippen LogP contribution in [-0.4, -0.2) is 30.4 Å². The van der Waals surface area contributed by atoms with Gasteiger partial charge >= 0.3 is 5.97 Å². The highest BCUT2D eigenvalue weighted by Crippen LogP contribution is 2.17. The number of methoxy groups -OCH3 is 1. The van der Waals surface area contributed by atoms with Gasteiger partial charge in [-0.1, -0.05) is 0 Å². The van der Waals surface area contributed by atoms with Gasteiger partial charge in [-0.3, -0.25) is 19.2 Å². The highest BCUT2D eigenvalue weighted by Gasteiger charge is 2.39. The molecular weight excluding hydrogens is 200 g/mol. The minimum Gasteiger partial charge on any atom is -0.468 e. The number of esters is 1. The van der Waals surface area contributed by atoms with E-state index in [0.717, 1.165) is 14.0 Å². The lowest BCUT2D eigenvalue weighted by Gasteiger charge is -2.17. The maximum atomic E-state index is 11.3. The van der Waals surface area contributed by atoms with Crippen molar-refractivity contribution in [2.24, 2.45) is 11.8 Å². The highest BCUT2D eigenvalue weighted by molar-refractivity contribution is 6.11. The summed E-state index contributed by atoms with van der Waals surface area (Å²) in [6, 6.07) is 0. The van der Waals surface area contributed by atoms with Crippen LogP contribution in [0.4, 0.5) is 0 Å². The fourth-order valence-corrected chi connectivity index (χ4v) is 1.42. The second-order valence-corrected chi connectivity index (χ2v) is 3.31. The van der Waals surface area contributed by atoms with Crippen molar-refractivity contribution in [3.05, 3.63) is 0 Å². The van der Waals surface area contributed by atoms with E-state index in [1.165, 1.54) is 13.8 Å². The lowest BCUT2D eigenvalue weighted by atomic mass is 9.83. The van der Waals surface area contributed by atoms with Crippen molar-refractivity contribution in [2.75, 3.05) is 7.11 Å². The molecule has 84 valence electrons. The Hall–Kier alpha value is -1.52. The molecular formula is C10H14O5. The van der Waals surface area contributed by atoms with Crippen LogP contribution in [0.1, 0.15) is 20.8 Å². The van der Waals surface area contributed by atoms with Crippen LogP contribution in [0.2, 0.25) is 0 Å². The molecule has 0 amide bonds. The Morgan fingerprint density at radius 2 is 1.13 bits per heavy atom. The van der Waals surface area contributed by atoms with E-state index in [-0.39, 0.29) is 0 Å². The minimum atomic E-state index is -1.31. The van der Waals surface area contributed by atoms with Crippen molar-refractivity contribution < 1.29 is 23.9 Å². The van der Waals surface area contributed by atoms with Gasteiger partial charge < -0.3 is 4.74 Å². The van der Waals surface area contributed by atoms with Crippen LogP contribution in [0.25, 0.3) is 0 Å². The number of carbonyl (C=O) groups excluding carboxylic acids is 4. The molecule has 0 aromatic heterocycles. The fourth-order valence-electron chi connectivity index (χ4n) is 1.42. The summed E-state index contributed by atoms with van der Waals surface area (Å²) in [4.78, 5) is 44.8. The van der Waals surface area contributed by atoms with Gasteiger partial charge in [-0.2, -0.15) is 0 Å². The molecule has 0 N–H and O–H groups in total. The van der Waals surface area contributed by atoms with Crippen LogP contribution in [0.5, 0.6) is 0 Å². The predicted molar refractivity (Wildman–Crippen MR) is 51.0 cm³/mol. The topological polar surface area (TPSA) is 77.5 Å². The normalized spacial score (nSPS) is 12.1. The molecule has 0 aromatic carbocycles. The third kappa shape index (κ3) is 3.27. The molecule has 1 unspecified atom stereocenters. The zero-order valence-electron chi connectivity index (χ0n) is 9.20. The van der Waals surface area contributed by atoms with E-state index in [1.807, 2.05) is 0 Å². The molecule has 5 nitrogen and oxygen atoms in total. The van der Waals surface area contributed by atoms with E-state index >= 15 is 0 Å². The number of ketones is 3. The molecule has 0 saturated heterocycles. The molecule has 0 aliphatic carbocycles. The molecule has 0 aromatic rings. The van der Waals surface area contributed by atoms with Gasteiger partial charge in [0.15, 0.2) is 0 Å². The monoisotopic (exact) mass is 214 g/mol. The summed E-state index contributed by atoms with van der Waals surface area (Å²) < 4.78 is 4.39. The summed E-state index contributed by atoms with van der Waals surface area (Å²) in [7, 11) is 1.11. The molecule has 0 spiro atoms. The molecule has 0 heterocycles. The van der Waals surface area contributed by atoms with E-state index in [2.05, 4.69) is 4.74 Å².